The minimum Gasteiger partial charge on any atom is -0.354 e. The molecule has 0 radical (unpaired) electrons. The second kappa shape index (κ2) is 4.19. The Morgan fingerprint density at radius 2 is 2.33 bits per heavy atom. The molecule has 1 aromatic rings. The Balaban J connectivity index is 2.36. The lowest BCUT2D eigenvalue weighted by Crippen LogP contribution is -2.29. The molecule has 2 N–H and O–H groups in total. The Hall–Kier alpha value is -1.09. The first-order valence-corrected chi connectivity index (χ1v) is 5.65. The number of aromatic nitrogens is 1. The SMILES string of the molecule is Cc1ccc(CN)c(N2CCCC2C)n1. The Kier molecular flexibility index (Phi) is 2.91. The summed E-state index contributed by atoms with van der Waals surface area (Å²) in [7, 11) is 0. The molecule has 1 unspecified atom stereocenters. The van der Waals surface area contributed by atoms with E-state index in [4.69, 9.17) is 5.73 Å². The van der Waals surface area contributed by atoms with Crippen molar-refractivity contribution in [3.8, 4) is 0 Å². The fraction of sp³-hybridized carbons (Fsp3) is 0.583. The van der Waals surface area contributed by atoms with Crippen molar-refractivity contribution in [2.75, 3.05) is 11.4 Å². The van der Waals surface area contributed by atoms with Gasteiger partial charge in [-0.1, -0.05) is 6.07 Å². The van der Waals surface area contributed by atoms with Gasteiger partial charge in [0.2, 0.25) is 0 Å². The molecule has 82 valence electrons. The minimum atomic E-state index is 0.575. The zero-order chi connectivity index (χ0) is 10.8. The molecular formula is C12H19N3. The highest BCUT2D eigenvalue weighted by Crippen LogP contribution is 2.26. The smallest absolute Gasteiger partial charge is 0.133 e. The van der Waals surface area contributed by atoms with Gasteiger partial charge in [0.15, 0.2) is 0 Å². The van der Waals surface area contributed by atoms with Crippen LogP contribution in [0.15, 0.2) is 12.1 Å². The van der Waals surface area contributed by atoms with Gasteiger partial charge in [0.05, 0.1) is 0 Å². The second-order valence-corrected chi connectivity index (χ2v) is 4.32. The summed E-state index contributed by atoms with van der Waals surface area (Å²) >= 11 is 0. The third-order valence-corrected chi connectivity index (χ3v) is 3.14. The number of anilines is 1. The first-order chi connectivity index (χ1) is 7.22. The lowest BCUT2D eigenvalue weighted by Gasteiger charge is -2.25. The Labute approximate surface area is 91.3 Å². The van der Waals surface area contributed by atoms with E-state index in [9.17, 15) is 0 Å². The normalized spacial score (nSPS) is 21.0. The first-order valence-electron chi connectivity index (χ1n) is 5.65. The molecule has 1 aliphatic rings. The standard InChI is InChI=1S/C12H19N3/c1-9-5-6-11(8-13)12(14-9)15-7-3-4-10(15)2/h5-6,10H,3-4,7-8,13H2,1-2H3. The van der Waals surface area contributed by atoms with Gasteiger partial charge in [0.1, 0.15) is 5.82 Å². The van der Waals surface area contributed by atoms with Gasteiger partial charge in [-0.05, 0) is 32.8 Å². The van der Waals surface area contributed by atoms with Crippen LogP contribution in [0.2, 0.25) is 0 Å². The summed E-state index contributed by atoms with van der Waals surface area (Å²) in [6.45, 7) is 5.98. The van der Waals surface area contributed by atoms with Crippen molar-refractivity contribution >= 4 is 5.82 Å². The highest BCUT2D eigenvalue weighted by atomic mass is 15.2. The third kappa shape index (κ3) is 1.97. The van der Waals surface area contributed by atoms with Gasteiger partial charge in [-0.3, -0.25) is 0 Å². The largest absolute Gasteiger partial charge is 0.354 e. The van der Waals surface area contributed by atoms with Gasteiger partial charge >= 0.3 is 0 Å². The number of nitrogens with zero attached hydrogens (tertiary/aromatic N) is 2. The molecule has 2 heterocycles. The molecule has 2 rings (SSSR count). The summed E-state index contributed by atoms with van der Waals surface area (Å²) in [5, 5.41) is 0. The van der Waals surface area contributed by atoms with Crippen LogP contribution in [0.3, 0.4) is 0 Å². The van der Waals surface area contributed by atoms with Gasteiger partial charge < -0.3 is 10.6 Å². The predicted octanol–water partition coefficient (Wildman–Crippen LogP) is 1.84. The Morgan fingerprint density at radius 3 is 2.93 bits per heavy atom. The number of pyridine rings is 1. The molecule has 1 aromatic heterocycles. The van der Waals surface area contributed by atoms with E-state index in [2.05, 4.69) is 22.9 Å². The number of hydrogen-bond donors (Lipinski definition) is 1. The van der Waals surface area contributed by atoms with Crippen molar-refractivity contribution in [3.63, 3.8) is 0 Å². The lowest BCUT2D eigenvalue weighted by molar-refractivity contribution is 0.721. The molecule has 0 aliphatic carbocycles. The molecule has 0 saturated carbocycles. The monoisotopic (exact) mass is 205 g/mol. The minimum absolute atomic E-state index is 0.575. The number of rotatable bonds is 2. The van der Waals surface area contributed by atoms with Crippen molar-refractivity contribution < 1.29 is 0 Å². The van der Waals surface area contributed by atoms with Crippen molar-refractivity contribution in [2.24, 2.45) is 5.73 Å². The molecule has 0 bridgehead atoms. The summed E-state index contributed by atoms with van der Waals surface area (Å²) in [6, 6.07) is 4.74. The van der Waals surface area contributed by atoms with E-state index in [1.54, 1.807) is 0 Å². The summed E-state index contributed by atoms with van der Waals surface area (Å²) < 4.78 is 0. The van der Waals surface area contributed by atoms with E-state index in [0.29, 0.717) is 12.6 Å². The van der Waals surface area contributed by atoms with Crippen LogP contribution in [0.4, 0.5) is 5.82 Å². The zero-order valence-corrected chi connectivity index (χ0v) is 9.53. The highest BCUT2D eigenvalue weighted by molar-refractivity contribution is 5.49. The quantitative estimate of drug-likeness (QED) is 0.801. The molecule has 3 nitrogen and oxygen atoms in total. The fourth-order valence-electron chi connectivity index (χ4n) is 2.23. The average molecular weight is 205 g/mol. The molecule has 1 saturated heterocycles. The summed E-state index contributed by atoms with van der Waals surface area (Å²) in [6.07, 6.45) is 2.53. The lowest BCUT2D eigenvalue weighted by atomic mass is 10.2. The van der Waals surface area contributed by atoms with Crippen LogP contribution in [-0.4, -0.2) is 17.6 Å². The van der Waals surface area contributed by atoms with Gasteiger partial charge in [-0.25, -0.2) is 4.98 Å². The van der Waals surface area contributed by atoms with Crippen molar-refractivity contribution in [2.45, 2.75) is 39.3 Å². The third-order valence-electron chi connectivity index (χ3n) is 3.14. The van der Waals surface area contributed by atoms with E-state index in [0.717, 1.165) is 23.6 Å². The molecule has 0 spiro atoms. The van der Waals surface area contributed by atoms with Crippen LogP contribution in [0, 0.1) is 6.92 Å². The van der Waals surface area contributed by atoms with E-state index >= 15 is 0 Å². The van der Waals surface area contributed by atoms with Gasteiger partial charge in [0.25, 0.3) is 0 Å². The molecule has 0 aromatic carbocycles. The van der Waals surface area contributed by atoms with Crippen LogP contribution in [0.5, 0.6) is 0 Å². The molecular weight excluding hydrogens is 186 g/mol. The highest BCUT2D eigenvalue weighted by Gasteiger charge is 2.23. The van der Waals surface area contributed by atoms with Crippen molar-refractivity contribution in [1.29, 1.82) is 0 Å². The van der Waals surface area contributed by atoms with Crippen LogP contribution >= 0.6 is 0 Å². The number of nitrogens with two attached hydrogens (primary N) is 1. The average Bonchev–Trinajstić information content (AvgIpc) is 2.64. The maximum atomic E-state index is 5.75. The van der Waals surface area contributed by atoms with E-state index < -0.39 is 0 Å². The van der Waals surface area contributed by atoms with Gasteiger partial charge in [-0.2, -0.15) is 0 Å². The summed E-state index contributed by atoms with van der Waals surface area (Å²) in [5.74, 6) is 1.10. The van der Waals surface area contributed by atoms with E-state index in [1.165, 1.54) is 12.8 Å². The molecule has 1 atom stereocenters. The van der Waals surface area contributed by atoms with Gasteiger partial charge in [0, 0.05) is 30.4 Å². The second-order valence-electron chi connectivity index (χ2n) is 4.32. The van der Waals surface area contributed by atoms with E-state index in [1.807, 2.05) is 13.0 Å². The van der Waals surface area contributed by atoms with Crippen LogP contribution in [0.1, 0.15) is 31.0 Å². The van der Waals surface area contributed by atoms with Gasteiger partial charge in [-0.15, -0.1) is 0 Å². The number of hydrogen-bond acceptors (Lipinski definition) is 3. The predicted molar refractivity (Wildman–Crippen MR) is 62.9 cm³/mol. The van der Waals surface area contributed by atoms with Crippen LogP contribution in [0.25, 0.3) is 0 Å². The molecule has 1 aliphatic heterocycles. The number of aryl methyl sites for hydroxylation is 1. The van der Waals surface area contributed by atoms with Crippen molar-refractivity contribution in [1.82, 2.24) is 4.98 Å². The zero-order valence-electron chi connectivity index (χ0n) is 9.53. The molecule has 3 heteroatoms. The molecule has 15 heavy (non-hydrogen) atoms. The topological polar surface area (TPSA) is 42.1 Å². The Bertz CT molecular complexity index is 349. The van der Waals surface area contributed by atoms with Crippen molar-refractivity contribution in [3.05, 3.63) is 23.4 Å². The maximum Gasteiger partial charge on any atom is 0.133 e. The maximum absolute atomic E-state index is 5.75. The first kappa shape index (κ1) is 10.4. The van der Waals surface area contributed by atoms with Crippen LogP contribution < -0.4 is 10.6 Å². The fourth-order valence-corrected chi connectivity index (χ4v) is 2.23. The summed E-state index contributed by atoms with van der Waals surface area (Å²) in [4.78, 5) is 7.01. The summed E-state index contributed by atoms with van der Waals surface area (Å²) in [5.41, 5.74) is 7.98. The Morgan fingerprint density at radius 1 is 1.53 bits per heavy atom. The molecule has 0 amide bonds. The molecule has 1 fully saturated rings. The van der Waals surface area contributed by atoms with E-state index in [-0.39, 0.29) is 0 Å². The van der Waals surface area contributed by atoms with Crippen LogP contribution in [-0.2, 0) is 6.54 Å².